The van der Waals surface area contributed by atoms with Crippen LogP contribution in [0, 0.1) is 47.2 Å². The third-order valence-corrected chi connectivity index (χ3v) is 12.9. The first-order valence-corrected chi connectivity index (χ1v) is 23.7. The van der Waals surface area contributed by atoms with Gasteiger partial charge >= 0.3 is 0 Å². The molecule has 0 aliphatic heterocycles. The van der Waals surface area contributed by atoms with Crippen LogP contribution in [0.15, 0.2) is 84.9 Å². The molecule has 0 aromatic heterocycles. The van der Waals surface area contributed by atoms with Gasteiger partial charge in [-0.25, -0.2) is 8.78 Å². The van der Waals surface area contributed by atoms with Crippen molar-refractivity contribution in [2.45, 2.75) is 174 Å². The molecule has 0 spiro atoms. The zero-order chi connectivity index (χ0) is 41.7. The highest BCUT2D eigenvalue weighted by Gasteiger charge is 2.22. The highest BCUT2D eigenvalue weighted by Crippen LogP contribution is 2.37. The van der Waals surface area contributed by atoms with Crippen LogP contribution < -0.4 is 0 Å². The van der Waals surface area contributed by atoms with E-state index in [0.717, 1.165) is 80.0 Å². The number of unbranched alkanes of at least 4 members (excludes halogenated alkanes) is 6. The van der Waals surface area contributed by atoms with Gasteiger partial charge in [-0.05, 0) is 159 Å². The summed E-state index contributed by atoms with van der Waals surface area (Å²) in [6.45, 7) is 8.83. The molecule has 314 valence electrons. The van der Waals surface area contributed by atoms with Gasteiger partial charge in [0.1, 0.15) is 11.6 Å². The molecule has 59 heavy (non-hydrogen) atoms. The van der Waals surface area contributed by atoms with Crippen LogP contribution in [0.1, 0.15) is 193 Å². The Kier molecular flexibility index (Phi) is 19.8. The Labute approximate surface area is 358 Å². The molecule has 0 amide bonds. The molecule has 4 aromatic rings. The normalized spacial score (nSPS) is 18.7. The molecule has 2 aliphatic carbocycles. The van der Waals surface area contributed by atoms with Gasteiger partial charge in [-0.1, -0.05) is 157 Å². The summed E-state index contributed by atoms with van der Waals surface area (Å²) in [7, 11) is 0. The molecule has 0 radical (unpaired) electrons. The molecule has 0 atom stereocenters. The average Bonchev–Trinajstić information content (AvgIpc) is 3.27. The number of halogens is 2. The largest absolute Gasteiger partial charge is 0.207 e. The summed E-state index contributed by atoms with van der Waals surface area (Å²) >= 11 is 0. The maximum atomic E-state index is 14.4. The molecule has 2 fully saturated rings. The summed E-state index contributed by atoms with van der Waals surface area (Å²) in [6, 6.07) is 29.5. The fraction of sp³-hybridized carbons (Fsp3) is 0.509. The fourth-order valence-electron chi connectivity index (χ4n) is 8.92. The number of hydrogen-bond donors (Lipinski definition) is 0. The lowest BCUT2D eigenvalue weighted by Gasteiger charge is -2.26. The zero-order valence-corrected chi connectivity index (χ0v) is 37.0. The molecule has 0 heterocycles. The Hall–Kier alpha value is -4.14. The van der Waals surface area contributed by atoms with Crippen molar-refractivity contribution in [2.24, 2.45) is 11.8 Å². The Morgan fingerprint density at radius 2 is 0.864 bits per heavy atom. The Balaban J connectivity index is 0.000000224. The third-order valence-electron chi connectivity index (χ3n) is 12.9. The van der Waals surface area contributed by atoms with E-state index >= 15 is 0 Å². The van der Waals surface area contributed by atoms with Gasteiger partial charge < -0.3 is 0 Å². The van der Waals surface area contributed by atoms with E-state index < -0.39 is 0 Å². The number of benzene rings is 4. The summed E-state index contributed by atoms with van der Waals surface area (Å²) in [5.74, 6) is 15.4. The first-order valence-electron chi connectivity index (χ1n) is 23.7. The van der Waals surface area contributed by atoms with Crippen LogP contribution in [-0.4, -0.2) is 0 Å². The number of hydrogen-bond acceptors (Lipinski definition) is 0. The highest BCUT2D eigenvalue weighted by atomic mass is 19.1. The molecule has 0 bridgehead atoms. The van der Waals surface area contributed by atoms with Crippen molar-refractivity contribution < 1.29 is 8.78 Å². The van der Waals surface area contributed by atoms with Gasteiger partial charge in [0.15, 0.2) is 0 Å². The van der Waals surface area contributed by atoms with Gasteiger partial charge in [-0.15, -0.1) is 0 Å². The Morgan fingerprint density at radius 3 is 1.24 bits per heavy atom. The molecular weight excluding hydrogens is 723 g/mol. The average molecular weight is 795 g/mol. The van der Waals surface area contributed by atoms with E-state index in [1.54, 1.807) is 12.1 Å². The van der Waals surface area contributed by atoms with Crippen LogP contribution in [0.4, 0.5) is 8.78 Å². The van der Waals surface area contributed by atoms with E-state index in [0.29, 0.717) is 23.7 Å². The highest BCUT2D eigenvalue weighted by molar-refractivity contribution is 5.39. The van der Waals surface area contributed by atoms with Crippen molar-refractivity contribution in [1.29, 1.82) is 0 Å². The van der Waals surface area contributed by atoms with E-state index in [4.69, 9.17) is 0 Å². The first kappa shape index (κ1) is 45.9. The molecule has 0 N–H and O–H groups in total. The van der Waals surface area contributed by atoms with Gasteiger partial charge in [-0.3, -0.25) is 0 Å². The molecule has 0 nitrogen and oxygen atoms in total. The number of aryl methyl sites for hydroxylation is 4. The van der Waals surface area contributed by atoms with Crippen molar-refractivity contribution in [3.63, 3.8) is 0 Å². The molecule has 2 heteroatoms. The van der Waals surface area contributed by atoms with Gasteiger partial charge in [0.05, 0.1) is 0 Å². The Morgan fingerprint density at radius 1 is 0.441 bits per heavy atom. The van der Waals surface area contributed by atoms with E-state index in [1.165, 1.54) is 99.3 Å². The topological polar surface area (TPSA) is 0 Å². The predicted octanol–water partition coefficient (Wildman–Crippen LogP) is 16.1. The monoisotopic (exact) mass is 795 g/mol. The molecule has 2 aliphatic rings. The smallest absolute Gasteiger partial charge is 0.127 e. The van der Waals surface area contributed by atoms with Crippen LogP contribution in [0.25, 0.3) is 0 Å². The van der Waals surface area contributed by atoms with Gasteiger partial charge in [0, 0.05) is 23.0 Å². The minimum absolute atomic E-state index is 0.0893. The molecule has 0 saturated heterocycles. The third kappa shape index (κ3) is 15.4. The second-order valence-electron chi connectivity index (χ2n) is 17.5. The lowest BCUT2D eigenvalue weighted by molar-refractivity contribution is 0.384. The summed E-state index contributed by atoms with van der Waals surface area (Å²) in [5, 5.41) is 0. The standard InChI is InChI=1S/C29H37F.C28H35F/c1-3-5-6-7-9-28-21-16-25(22-29(28)30)11-10-24-14-19-27(20-15-24)26-17-12-23(8-4-2)13-18-26;1-3-5-6-7-8-27-20-15-24(21-28(27)29)10-9-23-13-18-26(19-14-23)25-16-11-22(4-2)12-17-25/h12-13,16-18,21-22,24,27H,3-9,14-15,19-20H2,1-2H3;11-12,15-17,20-21,23,26H,3-8,13-14,18-19H2,1-2H3/t24-,27-;23-,26-. The van der Waals surface area contributed by atoms with E-state index in [2.05, 4.69) is 99.9 Å². The van der Waals surface area contributed by atoms with Crippen LogP contribution in [0.2, 0.25) is 0 Å². The lowest BCUT2D eigenvalue weighted by atomic mass is 9.78. The quantitative estimate of drug-likeness (QED) is 0.0831. The SMILES string of the molecule is CCCCCCc1ccc(C#C[C@H]2CC[C@H](c3ccc(CC)cc3)CC2)cc1F.CCCCCCc1ccc(C#C[C@H]2CC[C@H](c3ccc(CCC)cc3)CC2)cc1F. The van der Waals surface area contributed by atoms with Crippen molar-refractivity contribution in [3.8, 4) is 23.7 Å². The van der Waals surface area contributed by atoms with E-state index in [-0.39, 0.29) is 11.6 Å². The zero-order valence-electron chi connectivity index (χ0n) is 37.0. The second kappa shape index (κ2) is 25.5. The molecule has 4 aromatic carbocycles. The summed E-state index contributed by atoms with van der Waals surface area (Å²) in [5.41, 5.74) is 9.12. The van der Waals surface area contributed by atoms with Crippen molar-refractivity contribution in [1.82, 2.24) is 0 Å². The molecule has 0 unspecified atom stereocenters. The first-order chi connectivity index (χ1) is 28.9. The van der Waals surface area contributed by atoms with Crippen molar-refractivity contribution >= 4 is 0 Å². The molecular formula is C57H72F2. The predicted molar refractivity (Wildman–Crippen MR) is 248 cm³/mol. The minimum Gasteiger partial charge on any atom is -0.207 e. The Bertz CT molecular complexity index is 1930. The van der Waals surface area contributed by atoms with Gasteiger partial charge in [0.2, 0.25) is 0 Å². The van der Waals surface area contributed by atoms with Crippen molar-refractivity contribution in [3.05, 3.63) is 141 Å². The molecule has 6 rings (SSSR count). The van der Waals surface area contributed by atoms with Crippen LogP contribution >= 0.6 is 0 Å². The van der Waals surface area contributed by atoms with E-state index in [1.807, 2.05) is 24.3 Å². The van der Waals surface area contributed by atoms with Gasteiger partial charge in [-0.2, -0.15) is 0 Å². The summed E-state index contributed by atoms with van der Waals surface area (Å²) < 4.78 is 28.7. The maximum absolute atomic E-state index is 14.4. The van der Waals surface area contributed by atoms with Gasteiger partial charge in [0.25, 0.3) is 0 Å². The van der Waals surface area contributed by atoms with E-state index in [9.17, 15) is 8.78 Å². The number of rotatable bonds is 15. The minimum atomic E-state index is -0.0902. The lowest BCUT2D eigenvalue weighted by Crippen LogP contribution is -2.12. The molecule has 2 saturated carbocycles. The fourth-order valence-corrected chi connectivity index (χ4v) is 8.92. The van der Waals surface area contributed by atoms with Crippen molar-refractivity contribution in [2.75, 3.05) is 0 Å². The van der Waals surface area contributed by atoms with Crippen LogP contribution in [0.3, 0.4) is 0 Å². The maximum Gasteiger partial charge on any atom is 0.127 e. The summed E-state index contributed by atoms with van der Waals surface area (Å²) in [4.78, 5) is 0. The van der Waals surface area contributed by atoms with Crippen LogP contribution in [0.5, 0.6) is 0 Å². The second-order valence-corrected chi connectivity index (χ2v) is 17.5. The summed E-state index contributed by atoms with van der Waals surface area (Å²) in [6.07, 6.45) is 23.9. The van der Waals surface area contributed by atoms with Crippen LogP contribution in [-0.2, 0) is 25.7 Å².